The van der Waals surface area contributed by atoms with E-state index in [2.05, 4.69) is 13.8 Å². The van der Waals surface area contributed by atoms with E-state index >= 15 is 0 Å². The largest absolute Gasteiger partial charge is 0.481 e. The van der Waals surface area contributed by atoms with Crippen LogP contribution in [0.5, 0.6) is 0 Å². The summed E-state index contributed by atoms with van der Waals surface area (Å²) < 4.78 is 0. The minimum Gasteiger partial charge on any atom is -0.481 e. The van der Waals surface area contributed by atoms with Gasteiger partial charge in [0.05, 0.1) is 5.92 Å². The van der Waals surface area contributed by atoms with Crippen LogP contribution in [0.3, 0.4) is 0 Å². The number of aliphatic carboxylic acids is 1. The fraction of sp³-hybridized carbons (Fsp3) is 0.533. The van der Waals surface area contributed by atoms with Crippen LogP contribution in [0.25, 0.3) is 0 Å². The number of aliphatic hydroxyl groups is 1. The standard InChI is InChI=1S/C15H20O3/c1-10(13(16)17)15(18)9-8-14(2,3)11-6-4-5-7-12(11)15/h4-7,10,18H,8-9H2,1-3H3,(H,16,17). The van der Waals surface area contributed by atoms with E-state index in [0.29, 0.717) is 6.42 Å². The first-order valence-corrected chi connectivity index (χ1v) is 6.34. The van der Waals surface area contributed by atoms with Crippen molar-refractivity contribution < 1.29 is 15.0 Å². The lowest BCUT2D eigenvalue weighted by Gasteiger charge is -2.44. The van der Waals surface area contributed by atoms with E-state index in [9.17, 15) is 15.0 Å². The minimum atomic E-state index is -1.25. The van der Waals surface area contributed by atoms with Crippen molar-refractivity contribution in [2.45, 2.75) is 44.6 Å². The summed E-state index contributed by atoms with van der Waals surface area (Å²) >= 11 is 0. The van der Waals surface area contributed by atoms with Gasteiger partial charge in [0, 0.05) is 0 Å². The number of rotatable bonds is 2. The maximum absolute atomic E-state index is 11.2. The molecule has 2 rings (SSSR count). The van der Waals surface area contributed by atoms with Crippen molar-refractivity contribution in [3.8, 4) is 0 Å². The van der Waals surface area contributed by atoms with Gasteiger partial charge >= 0.3 is 5.97 Å². The second-order valence-corrected chi connectivity index (χ2v) is 5.91. The van der Waals surface area contributed by atoms with Crippen LogP contribution in [0.15, 0.2) is 24.3 Å². The molecule has 98 valence electrons. The maximum Gasteiger partial charge on any atom is 0.309 e. The highest BCUT2D eigenvalue weighted by Crippen LogP contribution is 2.47. The van der Waals surface area contributed by atoms with Gasteiger partial charge in [0.25, 0.3) is 0 Å². The van der Waals surface area contributed by atoms with Gasteiger partial charge in [-0.3, -0.25) is 4.79 Å². The van der Waals surface area contributed by atoms with Crippen LogP contribution in [-0.4, -0.2) is 16.2 Å². The number of hydrogen-bond acceptors (Lipinski definition) is 2. The van der Waals surface area contributed by atoms with Gasteiger partial charge in [0.1, 0.15) is 5.60 Å². The normalized spacial score (nSPS) is 27.3. The summed E-state index contributed by atoms with van der Waals surface area (Å²) in [5.41, 5.74) is 0.571. The van der Waals surface area contributed by atoms with Gasteiger partial charge in [-0.25, -0.2) is 0 Å². The minimum absolute atomic E-state index is 0.0129. The molecule has 0 radical (unpaired) electrons. The molecule has 3 nitrogen and oxygen atoms in total. The van der Waals surface area contributed by atoms with Crippen molar-refractivity contribution in [2.24, 2.45) is 5.92 Å². The van der Waals surface area contributed by atoms with Gasteiger partial charge in [-0.15, -0.1) is 0 Å². The van der Waals surface area contributed by atoms with Crippen molar-refractivity contribution in [3.63, 3.8) is 0 Å². The summed E-state index contributed by atoms with van der Waals surface area (Å²) in [6.07, 6.45) is 1.28. The van der Waals surface area contributed by atoms with E-state index in [1.165, 1.54) is 0 Å². The zero-order valence-corrected chi connectivity index (χ0v) is 11.1. The number of benzene rings is 1. The molecule has 2 atom stereocenters. The average molecular weight is 248 g/mol. The highest BCUT2D eigenvalue weighted by atomic mass is 16.4. The fourth-order valence-electron chi connectivity index (χ4n) is 2.88. The predicted octanol–water partition coefficient (Wildman–Crippen LogP) is 2.67. The average Bonchev–Trinajstić information content (AvgIpc) is 2.34. The molecule has 0 saturated carbocycles. The van der Waals surface area contributed by atoms with E-state index < -0.39 is 17.5 Å². The molecule has 18 heavy (non-hydrogen) atoms. The highest BCUT2D eigenvalue weighted by Gasteiger charge is 2.47. The molecule has 1 aromatic carbocycles. The Kier molecular flexibility index (Phi) is 2.98. The first-order valence-electron chi connectivity index (χ1n) is 6.34. The highest BCUT2D eigenvalue weighted by molar-refractivity contribution is 5.72. The third-order valence-corrected chi connectivity index (χ3v) is 4.34. The van der Waals surface area contributed by atoms with E-state index in [4.69, 9.17) is 0 Å². The van der Waals surface area contributed by atoms with Crippen LogP contribution < -0.4 is 0 Å². The summed E-state index contributed by atoms with van der Waals surface area (Å²) in [4.78, 5) is 11.2. The first-order chi connectivity index (χ1) is 8.29. The number of hydrogen-bond donors (Lipinski definition) is 2. The second kappa shape index (κ2) is 4.09. The topological polar surface area (TPSA) is 57.5 Å². The number of carboxylic acids is 1. The summed E-state index contributed by atoms with van der Waals surface area (Å²) in [5, 5.41) is 20.0. The second-order valence-electron chi connectivity index (χ2n) is 5.91. The van der Waals surface area contributed by atoms with Crippen molar-refractivity contribution in [3.05, 3.63) is 35.4 Å². The van der Waals surface area contributed by atoms with E-state index in [1.54, 1.807) is 6.92 Å². The smallest absolute Gasteiger partial charge is 0.309 e. The zero-order chi connectivity index (χ0) is 13.6. The van der Waals surface area contributed by atoms with Crippen LogP contribution in [0.4, 0.5) is 0 Å². The SMILES string of the molecule is CC(C(=O)O)C1(O)CCC(C)(C)c2ccccc21. The van der Waals surface area contributed by atoms with Gasteiger partial charge in [-0.1, -0.05) is 38.1 Å². The lowest BCUT2D eigenvalue weighted by Crippen LogP contribution is -2.44. The molecule has 0 spiro atoms. The zero-order valence-electron chi connectivity index (χ0n) is 11.1. The van der Waals surface area contributed by atoms with Gasteiger partial charge < -0.3 is 10.2 Å². The molecule has 0 fully saturated rings. The van der Waals surface area contributed by atoms with Crippen LogP contribution in [0.1, 0.15) is 44.7 Å². The molecular formula is C15H20O3. The Hall–Kier alpha value is -1.35. The van der Waals surface area contributed by atoms with Crippen LogP contribution in [0.2, 0.25) is 0 Å². The summed E-state index contributed by atoms with van der Waals surface area (Å²) in [6, 6.07) is 7.65. The van der Waals surface area contributed by atoms with Gasteiger partial charge in [-0.2, -0.15) is 0 Å². The van der Waals surface area contributed by atoms with E-state index in [1.807, 2.05) is 24.3 Å². The molecule has 3 heteroatoms. The number of carbonyl (C=O) groups is 1. The Morgan fingerprint density at radius 1 is 1.22 bits per heavy atom. The summed E-state index contributed by atoms with van der Waals surface area (Å²) in [6.45, 7) is 5.85. The molecule has 1 aliphatic carbocycles. The lowest BCUT2D eigenvalue weighted by molar-refractivity contribution is -0.153. The van der Waals surface area contributed by atoms with Crippen molar-refractivity contribution in [2.75, 3.05) is 0 Å². The van der Waals surface area contributed by atoms with Gasteiger partial charge in [0.2, 0.25) is 0 Å². The molecule has 2 unspecified atom stereocenters. The fourth-order valence-corrected chi connectivity index (χ4v) is 2.88. The quantitative estimate of drug-likeness (QED) is 0.846. The summed E-state index contributed by atoms with van der Waals surface area (Å²) in [5.74, 6) is -1.75. The van der Waals surface area contributed by atoms with Crippen molar-refractivity contribution in [1.82, 2.24) is 0 Å². The molecule has 2 N–H and O–H groups in total. The molecule has 0 amide bonds. The molecule has 0 bridgehead atoms. The monoisotopic (exact) mass is 248 g/mol. The van der Waals surface area contributed by atoms with E-state index in [0.717, 1.165) is 17.5 Å². The third kappa shape index (κ3) is 1.83. The molecule has 0 aliphatic heterocycles. The lowest BCUT2D eigenvalue weighted by atomic mass is 9.63. The molecule has 0 saturated heterocycles. The predicted molar refractivity (Wildman–Crippen MR) is 69.4 cm³/mol. The van der Waals surface area contributed by atoms with Crippen molar-refractivity contribution in [1.29, 1.82) is 0 Å². The first kappa shape index (κ1) is 13.1. The van der Waals surface area contributed by atoms with Gasteiger partial charge in [0.15, 0.2) is 0 Å². The molecule has 1 aliphatic rings. The van der Waals surface area contributed by atoms with Crippen LogP contribution >= 0.6 is 0 Å². The number of carboxylic acid groups (broad SMARTS) is 1. The van der Waals surface area contributed by atoms with Crippen LogP contribution in [0, 0.1) is 5.92 Å². The molecular weight excluding hydrogens is 228 g/mol. The Bertz CT molecular complexity index is 478. The van der Waals surface area contributed by atoms with Crippen LogP contribution in [-0.2, 0) is 15.8 Å². The molecule has 0 aromatic heterocycles. The third-order valence-electron chi connectivity index (χ3n) is 4.34. The Balaban J connectivity index is 2.58. The molecule has 0 heterocycles. The summed E-state index contributed by atoms with van der Waals surface area (Å²) in [7, 11) is 0. The molecule has 1 aromatic rings. The van der Waals surface area contributed by atoms with Gasteiger partial charge in [-0.05, 0) is 36.3 Å². The Morgan fingerprint density at radius 3 is 2.33 bits per heavy atom. The van der Waals surface area contributed by atoms with E-state index in [-0.39, 0.29) is 5.41 Å². The maximum atomic E-state index is 11.2. The number of fused-ring (bicyclic) bond motifs is 1. The van der Waals surface area contributed by atoms with Crippen molar-refractivity contribution >= 4 is 5.97 Å². The Morgan fingerprint density at radius 2 is 1.78 bits per heavy atom. The Labute approximate surface area is 107 Å².